The predicted octanol–water partition coefficient (Wildman–Crippen LogP) is 2.60. The number of rotatable bonds is 3. The number of nitrogens with zero attached hydrogens (tertiary/aromatic N) is 1. The van der Waals surface area contributed by atoms with Crippen LogP contribution in [0, 0.1) is 17.0 Å². The Morgan fingerprint density at radius 3 is 2.79 bits per heavy atom. The second kappa shape index (κ2) is 6.25. The van der Waals surface area contributed by atoms with Crippen molar-refractivity contribution in [3.63, 3.8) is 0 Å². The van der Waals surface area contributed by atoms with Crippen LogP contribution in [0.4, 0.5) is 8.78 Å². The maximum Gasteiger partial charge on any atom is 0.326 e. The lowest BCUT2D eigenvalue weighted by Gasteiger charge is -2.05. The van der Waals surface area contributed by atoms with Gasteiger partial charge in [0.05, 0.1) is 16.8 Å². The molecule has 0 aliphatic rings. The van der Waals surface area contributed by atoms with Crippen LogP contribution in [0.2, 0.25) is 0 Å². The van der Waals surface area contributed by atoms with Crippen LogP contribution in [-0.4, -0.2) is 17.1 Å². The number of carbonyl (C=O) groups is 1. The van der Waals surface area contributed by atoms with Gasteiger partial charge in [-0.05, 0) is 13.0 Å². The lowest BCUT2D eigenvalue weighted by molar-refractivity contribution is -0.143. The average Bonchev–Trinajstić information content (AvgIpc) is 2.55. The molecule has 0 bridgehead atoms. The molecule has 0 saturated carbocycles. The van der Waals surface area contributed by atoms with Gasteiger partial charge in [-0.2, -0.15) is 0 Å². The predicted molar refractivity (Wildman–Crippen MR) is 72.5 cm³/mol. The first-order chi connectivity index (χ1) is 8.52. The van der Waals surface area contributed by atoms with Crippen LogP contribution in [0.15, 0.2) is 12.1 Å². The van der Waals surface area contributed by atoms with Crippen molar-refractivity contribution in [1.29, 1.82) is 5.41 Å². The van der Waals surface area contributed by atoms with E-state index in [1.54, 1.807) is 6.92 Å². The Bertz CT molecular complexity index is 668. The molecule has 0 atom stereocenters. The van der Waals surface area contributed by atoms with E-state index in [9.17, 15) is 13.6 Å². The molecule has 0 spiro atoms. The molecule has 104 valence electrons. The molecule has 19 heavy (non-hydrogen) atoms. The monoisotopic (exact) mass is 352 g/mol. The van der Waals surface area contributed by atoms with Crippen molar-refractivity contribution >= 4 is 44.5 Å². The van der Waals surface area contributed by atoms with Gasteiger partial charge in [0.25, 0.3) is 0 Å². The molecule has 0 aliphatic carbocycles. The van der Waals surface area contributed by atoms with E-state index in [4.69, 9.17) is 10.1 Å². The molecule has 4 nitrogen and oxygen atoms in total. The summed E-state index contributed by atoms with van der Waals surface area (Å²) in [4.78, 5) is 11.3. The van der Waals surface area contributed by atoms with Gasteiger partial charge < -0.3 is 9.30 Å². The lowest BCUT2D eigenvalue weighted by Crippen LogP contribution is -2.21. The summed E-state index contributed by atoms with van der Waals surface area (Å²) in [6.45, 7) is 1.62. The van der Waals surface area contributed by atoms with Gasteiger partial charge in [0.2, 0.25) is 0 Å². The van der Waals surface area contributed by atoms with E-state index in [0.29, 0.717) is 4.70 Å². The largest absolute Gasteiger partial charge is 0.465 e. The molecule has 2 aromatic rings. The standard InChI is InChI=1S/C11H10F2N2O2S.BrH/c1-2-17-9(16)5-15-10-7(13)3-6(12)4-8(10)18-11(15)14;/h3-4,14H,2,5H2,1H3;1H. The van der Waals surface area contributed by atoms with Gasteiger partial charge in [-0.1, -0.05) is 11.3 Å². The summed E-state index contributed by atoms with van der Waals surface area (Å²) >= 11 is 0.909. The summed E-state index contributed by atoms with van der Waals surface area (Å²) in [5.74, 6) is -2.05. The van der Waals surface area contributed by atoms with Gasteiger partial charge in [-0.15, -0.1) is 17.0 Å². The zero-order chi connectivity index (χ0) is 13.3. The highest BCUT2D eigenvalue weighted by molar-refractivity contribution is 8.93. The molecule has 1 aromatic heterocycles. The zero-order valence-corrected chi connectivity index (χ0v) is 12.4. The molecule has 0 saturated heterocycles. The first kappa shape index (κ1) is 15.8. The van der Waals surface area contributed by atoms with Crippen LogP contribution in [0.5, 0.6) is 0 Å². The van der Waals surface area contributed by atoms with E-state index in [1.165, 1.54) is 4.57 Å². The normalized spacial score (nSPS) is 10.3. The fourth-order valence-corrected chi connectivity index (χ4v) is 2.58. The summed E-state index contributed by atoms with van der Waals surface area (Å²) in [6.07, 6.45) is 0. The van der Waals surface area contributed by atoms with Crippen LogP contribution < -0.4 is 4.80 Å². The molecular formula is C11H11BrF2N2O2S. The Morgan fingerprint density at radius 1 is 1.47 bits per heavy atom. The lowest BCUT2D eigenvalue weighted by atomic mass is 10.3. The highest BCUT2D eigenvalue weighted by Gasteiger charge is 2.15. The Balaban J connectivity index is 0.00000180. The van der Waals surface area contributed by atoms with Crippen LogP contribution in [0.3, 0.4) is 0 Å². The van der Waals surface area contributed by atoms with Crippen molar-refractivity contribution in [2.24, 2.45) is 0 Å². The molecule has 1 aromatic carbocycles. The van der Waals surface area contributed by atoms with E-state index in [0.717, 1.165) is 23.5 Å². The number of thiazole rings is 1. The Labute approximate surface area is 121 Å². The molecule has 1 N–H and O–H groups in total. The van der Waals surface area contributed by atoms with E-state index < -0.39 is 17.6 Å². The molecule has 0 amide bonds. The number of aromatic nitrogens is 1. The van der Waals surface area contributed by atoms with Crippen LogP contribution in [-0.2, 0) is 16.1 Å². The van der Waals surface area contributed by atoms with Crippen molar-refractivity contribution < 1.29 is 18.3 Å². The summed E-state index contributed by atoms with van der Waals surface area (Å²) in [5.41, 5.74) is 0.0550. The summed E-state index contributed by atoms with van der Waals surface area (Å²) in [6, 6.07) is 1.87. The summed E-state index contributed by atoms with van der Waals surface area (Å²) in [5, 5.41) is 7.68. The van der Waals surface area contributed by atoms with E-state index >= 15 is 0 Å². The smallest absolute Gasteiger partial charge is 0.326 e. The van der Waals surface area contributed by atoms with Crippen LogP contribution >= 0.6 is 28.3 Å². The van der Waals surface area contributed by atoms with E-state index in [-0.39, 0.29) is 40.5 Å². The summed E-state index contributed by atoms with van der Waals surface area (Å²) in [7, 11) is 0. The second-order valence-electron chi connectivity index (χ2n) is 3.53. The minimum absolute atomic E-state index is 0. The first-order valence-electron chi connectivity index (χ1n) is 5.21. The quantitative estimate of drug-likeness (QED) is 0.863. The average molecular weight is 353 g/mol. The fourth-order valence-electron chi connectivity index (χ4n) is 1.63. The maximum atomic E-state index is 13.7. The molecule has 1 heterocycles. The highest BCUT2D eigenvalue weighted by Crippen LogP contribution is 2.22. The van der Waals surface area contributed by atoms with Gasteiger partial charge in [-0.3, -0.25) is 10.2 Å². The molecular weight excluding hydrogens is 342 g/mol. The van der Waals surface area contributed by atoms with Crippen LogP contribution in [0.1, 0.15) is 6.92 Å². The molecule has 8 heteroatoms. The number of hydrogen-bond acceptors (Lipinski definition) is 4. The number of nitrogens with one attached hydrogen (secondary N) is 1. The van der Waals surface area contributed by atoms with Gasteiger partial charge >= 0.3 is 5.97 Å². The maximum absolute atomic E-state index is 13.7. The number of carbonyl (C=O) groups excluding carboxylic acids is 1. The van der Waals surface area contributed by atoms with Gasteiger partial charge in [-0.25, -0.2) is 8.78 Å². The van der Waals surface area contributed by atoms with E-state index in [1.807, 2.05) is 0 Å². The zero-order valence-electron chi connectivity index (χ0n) is 9.91. The molecule has 0 unspecified atom stereocenters. The molecule has 0 fully saturated rings. The van der Waals surface area contributed by atoms with E-state index in [2.05, 4.69) is 0 Å². The first-order valence-corrected chi connectivity index (χ1v) is 6.03. The SMILES string of the molecule is Br.CCOC(=O)Cn1c(=N)sc2cc(F)cc(F)c21. The van der Waals surface area contributed by atoms with Crippen molar-refractivity contribution in [2.75, 3.05) is 6.61 Å². The second-order valence-corrected chi connectivity index (χ2v) is 4.56. The molecule has 0 radical (unpaired) electrons. The number of ether oxygens (including phenoxy) is 1. The summed E-state index contributed by atoms with van der Waals surface area (Å²) < 4.78 is 32.9. The number of benzene rings is 1. The van der Waals surface area contributed by atoms with Gasteiger partial charge in [0, 0.05) is 6.07 Å². The third-order valence-electron chi connectivity index (χ3n) is 2.31. The number of esters is 1. The van der Waals surface area contributed by atoms with Crippen LogP contribution in [0.25, 0.3) is 10.2 Å². The number of fused-ring (bicyclic) bond motifs is 1. The van der Waals surface area contributed by atoms with Crippen molar-refractivity contribution in [1.82, 2.24) is 4.57 Å². The van der Waals surface area contributed by atoms with Gasteiger partial charge in [0.1, 0.15) is 12.4 Å². The Morgan fingerprint density at radius 2 is 2.16 bits per heavy atom. The Hall–Kier alpha value is -1.28. The molecule has 2 rings (SSSR count). The third kappa shape index (κ3) is 3.19. The van der Waals surface area contributed by atoms with Crippen molar-refractivity contribution in [2.45, 2.75) is 13.5 Å². The van der Waals surface area contributed by atoms with Gasteiger partial charge in [0.15, 0.2) is 10.6 Å². The Kier molecular flexibility index (Phi) is 5.19. The van der Waals surface area contributed by atoms with Crippen molar-refractivity contribution in [3.05, 3.63) is 28.6 Å². The minimum atomic E-state index is -0.788. The number of halogens is 3. The fraction of sp³-hybridized carbons (Fsp3) is 0.273. The molecule has 0 aliphatic heterocycles. The van der Waals surface area contributed by atoms with Crippen molar-refractivity contribution in [3.8, 4) is 0 Å². The minimum Gasteiger partial charge on any atom is -0.465 e. The number of hydrogen-bond donors (Lipinski definition) is 1. The third-order valence-corrected chi connectivity index (χ3v) is 3.25. The highest BCUT2D eigenvalue weighted by atomic mass is 79.9. The topological polar surface area (TPSA) is 55.1 Å².